The lowest BCUT2D eigenvalue weighted by Gasteiger charge is -2.40. The van der Waals surface area contributed by atoms with Gasteiger partial charge < -0.3 is 4.74 Å². The van der Waals surface area contributed by atoms with E-state index in [0.29, 0.717) is 5.78 Å². The van der Waals surface area contributed by atoms with Gasteiger partial charge >= 0.3 is 0 Å². The third-order valence-electron chi connectivity index (χ3n) is 5.31. The molecule has 0 saturated heterocycles. The number of hydrogen-bond donors (Lipinski definition) is 0. The smallest absolute Gasteiger partial charge is 0.167 e. The highest BCUT2D eigenvalue weighted by molar-refractivity contribution is 5.89. The minimum atomic E-state index is -0.433. The summed E-state index contributed by atoms with van der Waals surface area (Å²) in [6, 6.07) is 0. The Bertz CT molecular complexity index is 281. The van der Waals surface area contributed by atoms with Crippen LogP contribution in [-0.2, 0) is 9.53 Å². The van der Waals surface area contributed by atoms with Crippen LogP contribution in [0.2, 0.25) is 0 Å². The summed E-state index contributed by atoms with van der Waals surface area (Å²) in [5, 5.41) is 0. The third kappa shape index (κ3) is 2.79. The maximum absolute atomic E-state index is 12.8. The summed E-state index contributed by atoms with van der Waals surface area (Å²) in [6.45, 7) is 4.58. The first kappa shape index (κ1) is 14.0. The molecule has 0 spiro atoms. The number of Topliss-reactive ketones (excluding diaryl/α,β-unsaturated/α-hetero) is 1. The fourth-order valence-electron chi connectivity index (χ4n) is 3.67. The fraction of sp³-hybridized carbons (Fsp3) is 0.938. The molecular formula is C16H28O2. The highest BCUT2D eigenvalue weighted by atomic mass is 16.5. The average molecular weight is 252 g/mol. The van der Waals surface area contributed by atoms with E-state index in [2.05, 4.69) is 13.8 Å². The van der Waals surface area contributed by atoms with Gasteiger partial charge in [-0.3, -0.25) is 4.79 Å². The molecule has 18 heavy (non-hydrogen) atoms. The lowest BCUT2D eigenvalue weighted by atomic mass is 9.70. The maximum Gasteiger partial charge on any atom is 0.167 e. The van der Waals surface area contributed by atoms with Gasteiger partial charge in [0.05, 0.1) is 0 Å². The van der Waals surface area contributed by atoms with E-state index in [-0.39, 0.29) is 5.92 Å². The quantitative estimate of drug-likeness (QED) is 0.759. The van der Waals surface area contributed by atoms with Crippen LogP contribution in [0.25, 0.3) is 0 Å². The first-order valence-electron chi connectivity index (χ1n) is 7.67. The van der Waals surface area contributed by atoms with Crippen molar-refractivity contribution in [1.82, 2.24) is 0 Å². The van der Waals surface area contributed by atoms with Gasteiger partial charge in [0.2, 0.25) is 0 Å². The fourth-order valence-corrected chi connectivity index (χ4v) is 3.67. The summed E-state index contributed by atoms with van der Waals surface area (Å²) < 4.78 is 5.72. The Labute approximate surface area is 111 Å². The van der Waals surface area contributed by atoms with E-state index in [0.717, 1.165) is 50.4 Å². The normalized spacial score (nSPS) is 41.6. The van der Waals surface area contributed by atoms with Crippen molar-refractivity contribution in [3.63, 3.8) is 0 Å². The number of methoxy groups -OCH3 is 1. The Morgan fingerprint density at radius 3 is 1.94 bits per heavy atom. The van der Waals surface area contributed by atoms with Gasteiger partial charge in [-0.25, -0.2) is 0 Å². The van der Waals surface area contributed by atoms with E-state index in [1.54, 1.807) is 7.11 Å². The van der Waals surface area contributed by atoms with Crippen LogP contribution in [0.1, 0.15) is 65.2 Å². The Morgan fingerprint density at radius 1 is 0.944 bits per heavy atom. The van der Waals surface area contributed by atoms with Crippen molar-refractivity contribution in [2.75, 3.05) is 7.11 Å². The van der Waals surface area contributed by atoms with Crippen LogP contribution in [0.4, 0.5) is 0 Å². The molecule has 0 aromatic carbocycles. The zero-order valence-corrected chi connectivity index (χ0v) is 12.2. The minimum Gasteiger partial charge on any atom is -0.370 e. The summed E-state index contributed by atoms with van der Waals surface area (Å²) in [4.78, 5) is 12.8. The molecule has 2 rings (SSSR count). The molecule has 0 aromatic rings. The van der Waals surface area contributed by atoms with Crippen LogP contribution in [-0.4, -0.2) is 18.5 Å². The Kier molecular flexibility index (Phi) is 4.47. The molecule has 2 aliphatic carbocycles. The SMILES string of the molecule is COC1(C(=O)C2CCC(C)CC2)CCC(C)CC1. The highest BCUT2D eigenvalue weighted by Gasteiger charge is 2.44. The van der Waals surface area contributed by atoms with Crippen LogP contribution >= 0.6 is 0 Å². The standard InChI is InChI=1S/C16H28O2/c1-12-4-6-14(7-5-12)15(17)16(18-3)10-8-13(2)9-11-16/h12-14H,4-11H2,1-3H3. The first-order chi connectivity index (χ1) is 8.57. The molecule has 0 N–H and O–H groups in total. The van der Waals surface area contributed by atoms with Gasteiger partial charge in [0.15, 0.2) is 5.78 Å². The summed E-state index contributed by atoms with van der Waals surface area (Å²) in [5.41, 5.74) is -0.433. The van der Waals surface area contributed by atoms with Gasteiger partial charge in [-0.1, -0.05) is 26.7 Å². The van der Waals surface area contributed by atoms with Crippen molar-refractivity contribution < 1.29 is 9.53 Å². The molecule has 104 valence electrons. The van der Waals surface area contributed by atoms with Crippen molar-refractivity contribution in [2.45, 2.75) is 70.8 Å². The van der Waals surface area contributed by atoms with Crippen LogP contribution in [0.5, 0.6) is 0 Å². The molecule has 2 heteroatoms. The first-order valence-corrected chi connectivity index (χ1v) is 7.67. The van der Waals surface area contributed by atoms with Gasteiger partial charge in [0.25, 0.3) is 0 Å². The van der Waals surface area contributed by atoms with E-state index in [1.807, 2.05) is 0 Å². The monoisotopic (exact) mass is 252 g/mol. The maximum atomic E-state index is 12.8. The molecule has 0 aromatic heterocycles. The number of carbonyl (C=O) groups excluding carboxylic acids is 1. The van der Waals surface area contributed by atoms with Crippen molar-refractivity contribution in [1.29, 1.82) is 0 Å². The number of ether oxygens (including phenoxy) is 1. The van der Waals surface area contributed by atoms with Gasteiger partial charge in [-0.05, 0) is 50.4 Å². The van der Waals surface area contributed by atoms with Crippen LogP contribution < -0.4 is 0 Å². The Balaban J connectivity index is 2.01. The molecule has 2 fully saturated rings. The second-order valence-electron chi connectivity index (χ2n) is 6.70. The molecule has 2 nitrogen and oxygen atoms in total. The van der Waals surface area contributed by atoms with E-state index in [1.165, 1.54) is 12.8 Å². The molecular weight excluding hydrogens is 224 g/mol. The molecule has 0 heterocycles. The van der Waals surface area contributed by atoms with E-state index in [4.69, 9.17) is 4.74 Å². The number of rotatable bonds is 3. The molecule has 2 saturated carbocycles. The highest BCUT2D eigenvalue weighted by Crippen LogP contribution is 2.40. The van der Waals surface area contributed by atoms with Crippen molar-refractivity contribution >= 4 is 5.78 Å². The van der Waals surface area contributed by atoms with Gasteiger partial charge in [-0.15, -0.1) is 0 Å². The zero-order chi connectivity index (χ0) is 13.2. The molecule has 0 atom stereocenters. The lowest BCUT2D eigenvalue weighted by Crippen LogP contribution is -2.47. The number of hydrogen-bond acceptors (Lipinski definition) is 2. The summed E-state index contributed by atoms with van der Waals surface area (Å²) in [7, 11) is 1.74. The molecule has 0 unspecified atom stereocenters. The minimum absolute atomic E-state index is 0.273. The molecule has 0 aliphatic heterocycles. The van der Waals surface area contributed by atoms with Crippen LogP contribution in [0.3, 0.4) is 0 Å². The van der Waals surface area contributed by atoms with Gasteiger partial charge in [-0.2, -0.15) is 0 Å². The molecule has 0 bridgehead atoms. The number of carbonyl (C=O) groups is 1. The zero-order valence-electron chi connectivity index (χ0n) is 12.2. The summed E-state index contributed by atoms with van der Waals surface area (Å²) in [5.74, 6) is 2.25. The summed E-state index contributed by atoms with van der Waals surface area (Å²) in [6.07, 6.45) is 8.76. The predicted octanol–water partition coefficient (Wildman–Crippen LogP) is 3.98. The molecule has 0 amide bonds. The van der Waals surface area contributed by atoms with E-state index < -0.39 is 5.60 Å². The topological polar surface area (TPSA) is 26.3 Å². The summed E-state index contributed by atoms with van der Waals surface area (Å²) >= 11 is 0. The van der Waals surface area contributed by atoms with Crippen molar-refractivity contribution in [3.05, 3.63) is 0 Å². The second kappa shape index (κ2) is 5.73. The molecule has 0 radical (unpaired) electrons. The van der Waals surface area contributed by atoms with Gasteiger partial charge in [0.1, 0.15) is 5.60 Å². The lowest BCUT2D eigenvalue weighted by molar-refractivity contribution is -0.151. The van der Waals surface area contributed by atoms with Crippen molar-refractivity contribution in [2.24, 2.45) is 17.8 Å². The van der Waals surface area contributed by atoms with Crippen LogP contribution in [0, 0.1) is 17.8 Å². The van der Waals surface area contributed by atoms with E-state index in [9.17, 15) is 4.79 Å². The molecule has 2 aliphatic rings. The third-order valence-corrected chi connectivity index (χ3v) is 5.31. The largest absolute Gasteiger partial charge is 0.370 e. The predicted molar refractivity (Wildman–Crippen MR) is 73.5 cm³/mol. The Morgan fingerprint density at radius 2 is 1.44 bits per heavy atom. The van der Waals surface area contributed by atoms with Gasteiger partial charge in [0, 0.05) is 13.0 Å². The van der Waals surface area contributed by atoms with Crippen molar-refractivity contribution in [3.8, 4) is 0 Å². The van der Waals surface area contributed by atoms with Crippen LogP contribution in [0.15, 0.2) is 0 Å². The Hall–Kier alpha value is -0.370. The number of ketones is 1. The second-order valence-corrected chi connectivity index (χ2v) is 6.70. The average Bonchev–Trinajstić information content (AvgIpc) is 2.40. The van der Waals surface area contributed by atoms with E-state index >= 15 is 0 Å².